The van der Waals surface area contributed by atoms with Crippen molar-refractivity contribution in [2.45, 2.75) is 50.6 Å². The number of benzene rings is 2. The number of amides is 1. The number of carbonyl (C=O) groups is 1. The van der Waals surface area contributed by atoms with Crippen molar-refractivity contribution in [1.82, 2.24) is 9.62 Å². The molecule has 150 valence electrons. The summed E-state index contributed by atoms with van der Waals surface area (Å²) < 4.78 is 28.7. The van der Waals surface area contributed by atoms with Gasteiger partial charge >= 0.3 is 0 Å². The highest BCUT2D eigenvalue weighted by molar-refractivity contribution is 9.10. The minimum absolute atomic E-state index is 0.0224. The molecule has 1 N–H and O–H groups in total. The van der Waals surface area contributed by atoms with E-state index >= 15 is 0 Å². The summed E-state index contributed by atoms with van der Waals surface area (Å²) in [5.74, 6) is -0.0224. The van der Waals surface area contributed by atoms with Crippen LogP contribution in [0, 0.1) is 13.8 Å². The molecule has 1 amide bonds. The minimum atomic E-state index is -3.63. The van der Waals surface area contributed by atoms with Gasteiger partial charge < -0.3 is 4.90 Å². The molecule has 28 heavy (non-hydrogen) atoms. The lowest BCUT2D eigenvalue weighted by Gasteiger charge is -2.23. The first-order valence-electron chi connectivity index (χ1n) is 9.37. The predicted molar refractivity (Wildman–Crippen MR) is 113 cm³/mol. The Labute approximate surface area is 175 Å². The standard InChI is InChI=1S/C21H25BrN2O3S/c1-15-6-9-20(16(2)12-15)28(26,27)23-11-10-21(25)24(19-7-8-19)14-17-4-3-5-18(22)13-17/h3-6,9,12-13,19,23H,7-8,10-11,14H2,1-2H3. The van der Waals surface area contributed by atoms with Crippen LogP contribution >= 0.6 is 15.9 Å². The van der Waals surface area contributed by atoms with Crippen molar-refractivity contribution in [1.29, 1.82) is 0 Å². The van der Waals surface area contributed by atoms with Crippen molar-refractivity contribution in [2.75, 3.05) is 6.54 Å². The smallest absolute Gasteiger partial charge is 0.240 e. The van der Waals surface area contributed by atoms with E-state index < -0.39 is 10.0 Å². The molecule has 1 aliphatic rings. The summed E-state index contributed by atoms with van der Waals surface area (Å²) in [4.78, 5) is 14.9. The first-order valence-corrected chi connectivity index (χ1v) is 11.6. The highest BCUT2D eigenvalue weighted by Gasteiger charge is 2.32. The topological polar surface area (TPSA) is 66.5 Å². The molecule has 0 saturated heterocycles. The van der Waals surface area contributed by atoms with Crippen molar-refractivity contribution >= 4 is 31.9 Å². The molecule has 0 unspecified atom stereocenters. The molecule has 0 spiro atoms. The summed E-state index contributed by atoms with van der Waals surface area (Å²) in [5, 5.41) is 0. The Hall–Kier alpha value is -1.70. The van der Waals surface area contributed by atoms with Gasteiger partial charge in [-0.3, -0.25) is 4.79 Å². The molecule has 2 aromatic carbocycles. The van der Waals surface area contributed by atoms with Crippen LogP contribution in [0.3, 0.4) is 0 Å². The van der Waals surface area contributed by atoms with E-state index in [0.717, 1.165) is 28.4 Å². The van der Waals surface area contributed by atoms with E-state index in [-0.39, 0.29) is 29.8 Å². The van der Waals surface area contributed by atoms with Gasteiger partial charge in [0.25, 0.3) is 0 Å². The fraction of sp³-hybridized carbons (Fsp3) is 0.381. The predicted octanol–water partition coefficient (Wildman–Crippen LogP) is 3.93. The number of nitrogens with zero attached hydrogens (tertiary/aromatic N) is 1. The number of aryl methyl sites for hydroxylation is 2. The van der Waals surface area contributed by atoms with Crippen molar-refractivity contribution in [2.24, 2.45) is 0 Å². The SMILES string of the molecule is Cc1ccc(S(=O)(=O)NCCC(=O)N(Cc2cccc(Br)c2)C2CC2)c(C)c1. The van der Waals surface area contributed by atoms with E-state index in [2.05, 4.69) is 20.7 Å². The number of hydrogen-bond acceptors (Lipinski definition) is 3. The molecular weight excluding hydrogens is 440 g/mol. The van der Waals surface area contributed by atoms with Crippen LogP contribution in [0.4, 0.5) is 0 Å². The summed E-state index contributed by atoms with van der Waals surface area (Å²) in [6.07, 6.45) is 2.16. The van der Waals surface area contributed by atoms with Gasteiger partial charge in [-0.05, 0) is 56.0 Å². The molecule has 0 aromatic heterocycles. The van der Waals surface area contributed by atoms with Crippen LogP contribution in [0.2, 0.25) is 0 Å². The summed E-state index contributed by atoms with van der Waals surface area (Å²) >= 11 is 3.46. The Morgan fingerprint density at radius 2 is 1.93 bits per heavy atom. The van der Waals surface area contributed by atoms with Gasteiger partial charge in [0, 0.05) is 30.0 Å². The maximum atomic E-state index is 12.7. The van der Waals surface area contributed by atoms with Crippen LogP contribution in [0.25, 0.3) is 0 Å². The monoisotopic (exact) mass is 464 g/mol. The zero-order valence-corrected chi connectivity index (χ0v) is 18.5. The second kappa shape index (κ2) is 8.76. The Bertz CT molecular complexity index is 971. The van der Waals surface area contributed by atoms with Crippen molar-refractivity contribution in [3.05, 3.63) is 63.6 Å². The molecule has 0 heterocycles. The molecule has 2 aromatic rings. The number of nitrogens with one attached hydrogen (secondary N) is 1. The zero-order chi connectivity index (χ0) is 20.3. The quantitative estimate of drug-likeness (QED) is 0.643. The lowest BCUT2D eigenvalue weighted by atomic mass is 10.2. The highest BCUT2D eigenvalue weighted by Crippen LogP contribution is 2.29. The van der Waals surface area contributed by atoms with Crippen LogP contribution < -0.4 is 4.72 Å². The third kappa shape index (κ3) is 5.43. The number of rotatable bonds is 8. The van der Waals surface area contributed by atoms with Gasteiger partial charge in [0.1, 0.15) is 0 Å². The third-order valence-corrected chi connectivity index (χ3v) is 6.92. The molecule has 5 nitrogen and oxygen atoms in total. The number of carbonyl (C=O) groups excluding carboxylic acids is 1. The van der Waals surface area contributed by atoms with Crippen LogP contribution in [-0.4, -0.2) is 31.8 Å². The van der Waals surface area contributed by atoms with E-state index in [1.807, 2.05) is 42.2 Å². The van der Waals surface area contributed by atoms with Gasteiger partial charge in [0.05, 0.1) is 4.90 Å². The second-order valence-corrected chi connectivity index (χ2v) is 9.95. The molecule has 0 radical (unpaired) electrons. The fourth-order valence-electron chi connectivity index (χ4n) is 3.25. The van der Waals surface area contributed by atoms with Gasteiger partial charge in [-0.25, -0.2) is 13.1 Å². The first-order chi connectivity index (χ1) is 13.3. The Kier molecular flexibility index (Phi) is 6.58. The van der Waals surface area contributed by atoms with Crippen LogP contribution in [-0.2, 0) is 21.4 Å². The summed E-state index contributed by atoms with van der Waals surface area (Å²) in [6.45, 7) is 4.34. The average Bonchev–Trinajstić information content (AvgIpc) is 3.44. The molecule has 3 rings (SSSR count). The maximum absolute atomic E-state index is 12.7. The van der Waals surface area contributed by atoms with Gasteiger partial charge in [-0.1, -0.05) is 45.8 Å². The van der Waals surface area contributed by atoms with E-state index in [9.17, 15) is 13.2 Å². The summed E-state index contributed by atoms with van der Waals surface area (Å²) in [7, 11) is -3.63. The molecular formula is C21H25BrN2O3S. The summed E-state index contributed by atoms with van der Waals surface area (Å²) in [5.41, 5.74) is 2.78. The highest BCUT2D eigenvalue weighted by atomic mass is 79.9. The number of sulfonamides is 1. The maximum Gasteiger partial charge on any atom is 0.240 e. The van der Waals surface area contributed by atoms with Crippen molar-refractivity contribution < 1.29 is 13.2 Å². The first kappa shape index (κ1) is 21.0. The largest absolute Gasteiger partial charge is 0.335 e. The third-order valence-electron chi connectivity index (χ3n) is 4.80. The Morgan fingerprint density at radius 1 is 1.18 bits per heavy atom. The summed E-state index contributed by atoms with van der Waals surface area (Å²) in [6, 6.07) is 13.4. The minimum Gasteiger partial charge on any atom is -0.335 e. The van der Waals surface area contributed by atoms with Crippen LogP contribution in [0.5, 0.6) is 0 Å². The van der Waals surface area contributed by atoms with Crippen LogP contribution in [0.15, 0.2) is 51.8 Å². The average molecular weight is 465 g/mol. The lowest BCUT2D eigenvalue weighted by Crippen LogP contribution is -2.35. The molecule has 7 heteroatoms. The lowest BCUT2D eigenvalue weighted by molar-refractivity contribution is -0.132. The zero-order valence-electron chi connectivity index (χ0n) is 16.1. The molecule has 1 aliphatic carbocycles. The van der Waals surface area contributed by atoms with E-state index in [1.54, 1.807) is 19.1 Å². The molecule has 0 aliphatic heterocycles. The molecule has 0 bridgehead atoms. The van der Waals surface area contributed by atoms with E-state index in [0.29, 0.717) is 12.1 Å². The van der Waals surface area contributed by atoms with Gasteiger partial charge in [0.15, 0.2) is 0 Å². The van der Waals surface area contributed by atoms with Gasteiger partial charge in [0.2, 0.25) is 15.9 Å². The Balaban J connectivity index is 1.60. The van der Waals surface area contributed by atoms with Gasteiger partial charge in [-0.15, -0.1) is 0 Å². The Morgan fingerprint density at radius 3 is 2.57 bits per heavy atom. The van der Waals surface area contributed by atoms with Gasteiger partial charge in [-0.2, -0.15) is 0 Å². The fourth-order valence-corrected chi connectivity index (χ4v) is 4.96. The van der Waals surface area contributed by atoms with Crippen molar-refractivity contribution in [3.63, 3.8) is 0 Å². The van der Waals surface area contributed by atoms with E-state index in [1.165, 1.54) is 0 Å². The molecule has 1 saturated carbocycles. The number of halogens is 1. The van der Waals surface area contributed by atoms with E-state index in [4.69, 9.17) is 0 Å². The molecule has 1 fully saturated rings. The normalized spacial score (nSPS) is 14.1. The van der Waals surface area contributed by atoms with Crippen molar-refractivity contribution in [3.8, 4) is 0 Å². The second-order valence-electron chi connectivity index (χ2n) is 7.30. The van der Waals surface area contributed by atoms with Crippen LogP contribution in [0.1, 0.15) is 36.0 Å². The molecule has 0 atom stereocenters. The number of hydrogen-bond donors (Lipinski definition) is 1.